The van der Waals surface area contributed by atoms with Gasteiger partial charge in [-0.15, -0.1) is 0 Å². The normalized spacial score (nSPS) is 19.9. The van der Waals surface area contributed by atoms with E-state index in [2.05, 4.69) is 5.32 Å². The van der Waals surface area contributed by atoms with Crippen molar-refractivity contribution >= 4 is 17.8 Å². The van der Waals surface area contributed by atoms with E-state index in [0.717, 1.165) is 11.1 Å². The number of urea groups is 1. The second kappa shape index (κ2) is 8.77. The summed E-state index contributed by atoms with van der Waals surface area (Å²) < 4.78 is 0. The number of fused-ring (bicyclic) bond motifs is 1. The van der Waals surface area contributed by atoms with Gasteiger partial charge in [0.2, 0.25) is 11.8 Å². The van der Waals surface area contributed by atoms with Gasteiger partial charge >= 0.3 is 6.03 Å². The molecule has 8 nitrogen and oxygen atoms in total. The second-order valence-corrected chi connectivity index (χ2v) is 7.90. The van der Waals surface area contributed by atoms with Gasteiger partial charge in [0.25, 0.3) is 0 Å². The maximum Gasteiger partial charge on any atom is 0.332 e. The van der Waals surface area contributed by atoms with E-state index in [1.165, 1.54) is 5.01 Å². The zero-order chi connectivity index (χ0) is 22.0. The van der Waals surface area contributed by atoms with Crippen molar-refractivity contribution in [2.45, 2.75) is 25.7 Å². The zero-order valence-electron chi connectivity index (χ0n) is 17.8. The number of nitrogens with one attached hydrogen (secondary N) is 1. The number of benzene rings is 2. The average molecular weight is 422 g/mol. The number of carbonyl (C=O) groups excluding carboxylic acids is 3. The van der Waals surface area contributed by atoms with Gasteiger partial charge in [0, 0.05) is 13.6 Å². The van der Waals surface area contributed by atoms with Crippen molar-refractivity contribution in [3.63, 3.8) is 0 Å². The van der Waals surface area contributed by atoms with Crippen LogP contribution in [0.1, 0.15) is 24.1 Å². The molecule has 0 aliphatic carbocycles. The average Bonchev–Trinajstić information content (AvgIpc) is 3.12. The highest BCUT2D eigenvalue weighted by Gasteiger charge is 2.47. The van der Waals surface area contributed by atoms with E-state index in [-0.39, 0.29) is 43.1 Å². The van der Waals surface area contributed by atoms with Gasteiger partial charge in [-0.25, -0.2) is 4.79 Å². The van der Waals surface area contributed by atoms with Crippen molar-refractivity contribution in [1.29, 1.82) is 0 Å². The molecule has 2 fully saturated rings. The second-order valence-electron chi connectivity index (χ2n) is 7.90. The Morgan fingerprint density at radius 1 is 1.03 bits per heavy atom. The fraction of sp³-hybridized carbons (Fsp3) is 0.348. The molecular weight excluding hydrogens is 394 g/mol. The van der Waals surface area contributed by atoms with Gasteiger partial charge < -0.3 is 15.1 Å². The first-order chi connectivity index (χ1) is 15.0. The zero-order valence-corrected chi connectivity index (χ0v) is 17.8. The highest BCUT2D eigenvalue weighted by Crippen LogP contribution is 2.28. The third-order valence-electron chi connectivity index (χ3n) is 6.02. The molecule has 2 heterocycles. The van der Waals surface area contributed by atoms with Crippen LogP contribution >= 0.6 is 0 Å². The third kappa shape index (κ3) is 4.25. The van der Waals surface area contributed by atoms with E-state index in [1.807, 2.05) is 67.6 Å². The van der Waals surface area contributed by atoms with E-state index in [9.17, 15) is 14.4 Å². The first-order valence-electron chi connectivity index (χ1n) is 10.4. The quantitative estimate of drug-likeness (QED) is 0.799. The Kier molecular flexibility index (Phi) is 5.90. The fourth-order valence-electron chi connectivity index (χ4n) is 4.16. The molecule has 0 saturated carbocycles. The van der Waals surface area contributed by atoms with Crippen LogP contribution in [0.5, 0.6) is 0 Å². The standard InChI is InChI=1S/C23H27N5O3/c1-17(19-11-7-4-8-12-19)26-14-20-27(15-21(26)29)22(30)16-28(20)25(2)23(31)24-13-18-9-5-3-6-10-18/h3-12,17,20H,13-16H2,1-2H3,(H,24,31)/t17-,20?/m0/s1. The van der Waals surface area contributed by atoms with Gasteiger partial charge in [0.15, 0.2) is 0 Å². The fourth-order valence-corrected chi connectivity index (χ4v) is 4.16. The largest absolute Gasteiger partial charge is 0.333 e. The lowest BCUT2D eigenvalue weighted by Crippen LogP contribution is -2.61. The number of amides is 4. The van der Waals surface area contributed by atoms with Crippen molar-refractivity contribution in [1.82, 2.24) is 25.1 Å². The van der Waals surface area contributed by atoms with Crippen LogP contribution < -0.4 is 5.32 Å². The van der Waals surface area contributed by atoms with Gasteiger partial charge in [-0.3, -0.25) is 14.6 Å². The Balaban J connectivity index is 1.46. The van der Waals surface area contributed by atoms with Crippen molar-refractivity contribution in [2.24, 2.45) is 0 Å². The molecule has 2 aliphatic rings. The molecule has 0 bridgehead atoms. The summed E-state index contributed by atoms with van der Waals surface area (Å²) in [5.74, 6) is -0.230. The molecule has 2 atom stereocenters. The Hall–Kier alpha value is -3.39. The van der Waals surface area contributed by atoms with Crippen LogP contribution in [-0.4, -0.2) is 70.5 Å². The molecule has 0 radical (unpaired) electrons. The van der Waals surface area contributed by atoms with Crippen molar-refractivity contribution in [2.75, 3.05) is 26.7 Å². The molecule has 0 spiro atoms. The van der Waals surface area contributed by atoms with E-state index >= 15 is 0 Å². The molecule has 0 aromatic heterocycles. The summed E-state index contributed by atoms with van der Waals surface area (Å²) in [6.07, 6.45) is -0.371. The molecule has 162 valence electrons. The molecule has 2 aromatic carbocycles. The monoisotopic (exact) mass is 421 g/mol. The molecule has 1 unspecified atom stereocenters. The van der Waals surface area contributed by atoms with Crippen LogP contribution in [0.4, 0.5) is 4.79 Å². The molecular formula is C23H27N5O3. The lowest BCUT2D eigenvalue weighted by atomic mass is 10.1. The Labute approximate surface area is 182 Å². The number of piperazine rings is 1. The van der Waals surface area contributed by atoms with Gasteiger partial charge in [-0.1, -0.05) is 60.7 Å². The Bertz CT molecular complexity index is 952. The molecule has 2 aliphatic heterocycles. The maximum atomic E-state index is 12.8. The number of hydrazine groups is 1. The maximum absolute atomic E-state index is 12.8. The first kappa shape index (κ1) is 20.9. The minimum Gasteiger partial charge on any atom is -0.333 e. The van der Waals surface area contributed by atoms with E-state index in [0.29, 0.717) is 13.1 Å². The Morgan fingerprint density at radius 2 is 1.68 bits per heavy atom. The van der Waals surface area contributed by atoms with Crippen LogP contribution in [-0.2, 0) is 16.1 Å². The number of rotatable bonds is 5. The summed E-state index contributed by atoms with van der Waals surface area (Å²) in [6, 6.07) is 19.1. The van der Waals surface area contributed by atoms with Crippen molar-refractivity contribution in [3.8, 4) is 0 Å². The molecule has 31 heavy (non-hydrogen) atoms. The van der Waals surface area contributed by atoms with Gasteiger partial charge in [-0.2, -0.15) is 5.01 Å². The van der Waals surface area contributed by atoms with Gasteiger partial charge in [0.1, 0.15) is 12.7 Å². The SMILES string of the molecule is C[C@@H](c1ccccc1)N1CC2N(CC1=O)C(=O)CN2N(C)C(=O)NCc1ccccc1. The van der Waals surface area contributed by atoms with Crippen LogP contribution in [0, 0.1) is 0 Å². The van der Waals surface area contributed by atoms with Gasteiger partial charge in [0.05, 0.1) is 19.1 Å². The summed E-state index contributed by atoms with van der Waals surface area (Å²) in [6.45, 7) is 2.82. The van der Waals surface area contributed by atoms with Crippen molar-refractivity contribution in [3.05, 3.63) is 71.8 Å². The lowest BCUT2D eigenvalue weighted by molar-refractivity contribution is -0.150. The minimum atomic E-state index is -0.371. The smallest absolute Gasteiger partial charge is 0.332 e. The van der Waals surface area contributed by atoms with E-state index < -0.39 is 0 Å². The summed E-state index contributed by atoms with van der Waals surface area (Å²) in [7, 11) is 1.65. The van der Waals surface area contributed by atoms with Crippen LogP contribution in [0.2, 0.25) is 0 Å². The highest BCUT2D eigenvalue weighted by atomic mass is 16.2. The molecule has 1 N–H and O–H groups in total. The van der Waals surface area contributed by atoms with Crippen LogP contribution in [0.25, 0.3) is 0 Å². The number of carbonyl (C=O) groups is 3. The van der Waals surface area contributed by atoms with Crippen LogP contribution in [0.3, 0.4) is 0 Å². The molecule has 4 rings (SSSR count). The third-order valence-corrected chi connectivity index (χ3v) is 6.02. The summed E-state index contributed by atoms with van der Waals surface area (Å²) in [4.78, 5) is 41.5. The number of hydrogen-bond donors (Lipinski definition) is 1. The van der Waals surface area contributed by atoms with Crippen LogP contribution in [0.15, 0.2) is 60.7 Å². The molecule has 2 saturated heterocycles. The number of hydrogen-bond acceptors (Lipinski definition) is 4. The van der Waals surface area contributed by atoms with Crippen molar-refractivity contribution < 1.29 is 14.4 Å². The van der Waals surface area contributed by atoms with E-state index in [4.69, 9.17) is 0 Å². The molecule has 2 aromatic rings. The summed E-state index contributed by atoms with van der Waals surface area (Å²) >= 11 is 0. The molecule has 4 amide bonds. The predicted molar refractivity (Wildman–Crippen MR) is 115 cm³/mol. The van der Waals surface area contributed by atoms with E-state index in [1.54, 1.807) is 21.9 Å². The highest BCUT2D eigenvalue weighted by molar-refractivity contribution is 5.89. The Morgan fingerprint density at radius 3 is 2.35 bits per heavy atom. The minimum absolute atomic E-state index is 0.0245. The first-order valence-corrected chi connectivity index (χ1v) is 10.4. The molecule has 8 heteroatoms. The van der Waals surface area contributed by atoms with Gasteiger partial charge in [-0.05, 0) is 18.1 Å². The topological polar surface area (TPSA) is 76.2 Å². The lowest BCUT2D eigenvalue weighted by Gasteiger charge is -2.43. The summed E-state index contributed by atoms with van der Waals surface area (Å²) in [5.41, 5.74) is 2.03. The summed E-state index contributed by atoms with van der Waals surface area (Å²) in [5, 5.41) is 6.08. The number of nitrogens with zero attached hydrogens (tertiary/aromatic N) is 4. The predicted octanol–water partition coefficient (Wildman–Crippen LogP) is 1.82.